The van der Waals surface area contributed by atoms with Crippen molar-refractivity contribution in [1.29, 1.82) is 0 Å². The van der Waals surface area contributed by atoms with Gasteiger partial charge in [0.25, 0.3) is 0 Å². The van der Waals surface area contributed by atoms with E-state index in [1.165, 1.54) is 11.4 Å². The van der Waals surface area contributed by atoms with Crippen molar-refractivity contribution >= 4 is 15.9 Å². The number of hydrogen-bond donors (Lipinski definition) is 0. The fourth-order valence-electron chi connectivity index (χ4n) is 2.83. The molecule has 0 aliphatic carbocycles. The van der Waals surface area contributed by atoms with Gasteiger partial charge in [0.05, 0.1) is 12.4 Å². The zero-order valence-electron chi connectivity index (χ0n) is 14.1. The van der Waals surface area contributed by atoms with Crippen LogP contribution in [0.5, 0.6) is 0 Å². The zero-order valence-corrected chi connectivity index (χ0v) is 14.9. The predicted molar refractivity (Wildman–Crippen MR) is 87.1 cm³/mol. The molecule has 0 aromatic heterocycles. The maximum Gasteiger partial charge on any atom is 0.225 e. The quantitative estimate of drug-likeness (QED) is 0.638. The van der Waals surface area contributed by atoms with Gasteiger partial charge in [-0.15, -0.1) is 0 Å². The predicted octanol–water partition coefficient (Wildman–Crippen LogP) is 1.32. The summed E-state index contributed by atoms with van der Waals surface area (Å²) in [5, 5.41) is 0. The summed E-state index contributed by atoms with van der Waals surface area (Å²) in [5.41, 5.74) is 0. The SMILES string of the molecule is CCCN(CCC)C(=O)C1CCN(S(=O)(=O)CCOC)CC1. The molecule has 0 N–H and O–H groups in total. The van der Waals surface area contributed by atoms with Crippen molar-refractivity contribution in [2.75, 3.05) is 45.6 Å². The number of nitrogens with zero attached hydrogens (tertiary/aromatic N) is 2. The molecular weight excluding hydrogens is 304 g/mol. The Morgan fingerprint density at radius 3 is 2.18 bits per heavy atom. The molecule has 0 aromatic rings. The van der Waals surface area contributed by atoms with Gasteiger partial charge in [0.1, 0.15) is 0 Å². The van der Waals surface area contributed by atoms with E-state index in [9.17, 15) is 13.2 Å². The average molecular weight is 334 g/mol. The Labute approximate surface area is 134 Å². The third kappa shape index (κ3) is 5.52. The maximum absolute atomic E-state index is 12.5. The standard InChI is InChI=1S/C15H30N2O4S/c1-4-8-16(9-5-2)15(18)14-6-10-17(11-7-14)22(19,20)13-12-21-3/h14H,4-13H2,1-3H3. The van der Waals surface area contributed by atoms with Crippen LogP contribution in [0.4, 0.5) is 0 Å². The molecule has 22 heavy (non-hydrogen) atoms. The van der Waals surface area contributed by atoms with Crippen molar-refractivity contribution in [3.8, 4) is 0 Å². The molecule has 0 aromatic carbocycles. The molecule has 0 bridgehead atoms. The number of ether oxygens (including phenoxy) is 1. The van der Waals surface area contributed by atoms with Crippen molar-refractivity contribution in [3.05, 3.63) is 0 Å². The number of hydrogen-bond acceptors (Lipinski definition) is 4. The summed E-state index contributed by atoms with van der Waals surface area (Å²) >= 11 is 0. The minimum absolute atomic E-state index is 0.0138. The van der Waals surface area contributed by atoms with Crippen LogP contribution in [0, 0.1) is 5.92 Å². The fraction of sp³-hybridized carbons (Fsp3) is 0.933. The van der Waals surface area contributed by atoms with Crippen LogP contribution in [0.25, 0.3) is 0 Å². The van der Waals surface area contributed by atoms with E-state index in [-0.39, 0.29) is 24.2 Å². The van der Waals surface area contributed by atoms with Gasteiger partial charge in [-0.25, -0.2) is 12.7 Å². The fourth-order valence-corrected chi connectivity index (χ4v) is 4.23. The molecule has 1 amide bonds. The Hall–Kier alpha value is -0.660. The number of carbonyl (C=O) groups excluding carboxylic acids is 1. The Morgan fingerprint density at radius 2 is 1.73 bits per heavy atom. The van der Waals surface area contributed by atoms with Gasteiger partial charge in [-0.05, 0) is 25.7 Å². The van der Waals surface area contributed by atoms with Crippen LogP contribution < -0.4 is 0 Å². The molecule has 1 aliphatic rings. The van der Waals surface area contributed by atoms with Crippen molar-refractivity contribution in [2.24, 2.45) is 5.92 Å². The summed E-state index contributed by atoms with van der Waals surface area (Å²) in [6.45, 7) is 6.81. The molecule has 1 saturated heterocycles. The van der Waals surface area contributed by atoms with Crippen LogP contribution in [-0.2, 0) is 19.6 Å². The van der Waals surface area contributed by atoms with Crippen molar-refractivity contribution in [3.63, 3.8) is 0 Å². The van der Waals surface area contributed by atoms with E-state index in [2.05, 4.69) is 13.8 Å². The molecule has 130 valence electrons. The van der Waals surface area contributed by atoms with Gasteiger partial charge in [-0.1, -0.05) is 13.8 Å². The number of rotatable bonds is 9. The summed E-state index contributed by atoms with van der Waals surface area (Å²) < 4.78 is 30.6. The Bertz CT molecular complexity index is 425. The molecule has 7 heteroatoms. The van der Waals surface area contributed by atoms with E-state index in [1.807, 2.05) is 4.90 Å². The summed E-state index contributed by atoms with van der Waals surface area (Å²) in [6.07, 6.45) is 3.15. The third-order valence-electron chi connectivity index (χ3n) is 4.04. The van der Waals surface area contributed by atoms with Crippen molar-refractivity contribution in [2.45, 2.75) is 39.5 Å². The van der Waals surface area contributed by atoms with Gasteiger partial charge >= 0.3 is 0 Å². The van der Waals surface area contributed by atoms with Gasteiger partial charge in [0.15, 0.2) is 0 Å². The van der Waals surface area contributed by atoms with E-state index in [4.69, 9.17) is 4.74 Å². The lowest BCUT2D eigenvalue weighted by molar-refractivity contribution is -0.136. The van der Waals surface area contributed by atoms with Crippen LogP contribution in [0.15, 0.2) is 0 Å². The Kier molecular flexibility index (Phi) is 8.35. The van der Waals surface area contributed by atoms with Gasteiger partial charge in [-0.2, -0.15) is 0 Å². The van der Waals surface area contributed by atoms with E-state index >= 15 is 0 Å². The lowest BCUT2D eigenvalue weighted by atomic mass is 9.96. The number of sulfonamides is 1. The van der Waals surface area contributed by atoms with Crippen LogP contribution >= 0.6 is 0 Å². The molecule has 1 aliphatic heterocycles. The first-order valence-electron chi connectivity index (χ1n) is 8.21. The molecule has 0 saturated carbocycles. The second kappa shape index (κ2) is 9.47. The molecular formula is C15H30N2O4S. The second-order valence-electron chi connectivity index (χ2n) is 5.81. The van der Waals surface area contributed by atoms with Crippen LogP contribution in [0.3, 0.4) is 0 Å². The first kappa shape index (κ1) is 19.4. The summed E-state index contributed by atoms with van der Waals surface area (Å²) in [6, 6.07) is 0. The zero-order chi connectivity index (χ0) is 16.6. The normalized spacial score (nSPS) is 17.6. The minimum atomic E-state index is -3.25. The first-order chi connectivity index (χ1) is 10.5. The molecule has 0 radical (unpaired) electrons. The monoisotopic (exact) mass is 334 g/mol. The Balaban J connectivity index is 2.55. The van der Waals surface area contributed by atoms with Gasteiger partial charge in [0.2, 0.25) is 15.9 Å². The van der Waals surface area contributed by atoms with E-state index < -0.39 is 10.0 Å². The molecule has 1 heterocycles. The average Bonchev–Trinajstić information content (AvgIpc) is 2.52. The number of carbonyl (C=O) groups is 1. The van der Waals surface area contributed by atoms with Crippen LogP contribution in [-0.4, -0.2) is 69.2 Å². The highest BCUT2D eigenvalue weighted by Gasteiger charge is 2.32. The van der Waals surface area contributed by atoms with Crippen molar-refractivity contribution < 1.29 is 17.9 Å². The molecule has 6 nitrogen and oxygen atoms in total. The number of piperidine rings is 1. The van der Waals surface area contributed by atoms with E-state index in [0.29, 0.717) is 25.9 Å². The summed E-state index contributed by atoms with van der Waals surface area (Å²) in [5.74, 6) is 0.171. The van der Waals surface area contributed by atoms with Crippen LogP contribution in [0.2, 0.25) is 0 Å². The minimum Gasteiger partial charge on any atom is -0.384 e. The highest BCUT2D eigenvalue weighted by Crippen LogP contribution is 2.22. The smallest absolute Gasteiger partial charge is 0.225 e. The van der Waals surface area contributed by atoms with Gasteiger partial charge in [-0.3, -0.25) is 4.79 Å². The third-order valence-corrected chi connectivity index (χ3v) is 5.88. The van der Waals surface area contributed by atoms with Crippen LogP contribution in [0.1, 0.15) is 39.5 Å². The highest BCUT2D eigenvalue weighted by molar-refractivity contribution is 7.89. The maximum atomic E-state index is 12.5. The second-order valence-corrected chi connectivity index (χ2v) is 7.90. The topological polar surface area (TPSA) is 66.9 Å². The molecule has 0 atom stereocenters. The molecule has 0 spiro atoms. The lowest BCUT2D eigenvalue weighted by Crippen LogP contribution is -2.45. The number of methoxy groups -OCH3 is 1. The van der Waals surface area contributed by atoms with Crippen molar-refractivity contribution in [1.82, 2.24) is 9.21 Å². The highest BCUT2D eigenvalue weighted by atomic mass is 32.2. The largest absolute Gasteiger partial charge is 0.384 e. The Morgan fingerprint density at radius 1 is 1.18 bits per heavy atom. The molecule has 0 unspecified atom stereocenters. The lowest BCUT2D eigenvalue weighted by Gasteiger charge is -2.33. The first-order valence-corrected chi connectivity index (χ1v) is 9.82. The molecule has 1 rings (SSSR count). The van der Waals surface area contributed by atoms with Gasteiger partial charge < -0.3 is 9.64 Å². The summed E-state index contributed by atoms with van der Waals surface area (Å²) in [4.78, 5) is 14.5. The van der Waals surface area contributed by atoms with E-state index in [0.717, 1.165) is 25.9 Å². The van der Waals surface area contributed by atoms with Gasteiger partial charge in [0, 0.05) is 39.2 Å². The number of amides is 1. The molecule has 1 fully saturated rings. The summed E-state index contributed by atoms with van der Waals surface area (Å²) in [7, 11) is -1.76. The van der Waals surface area contributed by atoms with E-state index in [1.54, 1.807) is 0 Å².